The number of ether oxygens (including phenoxy) is 2. The minimum atomic E-state index is -5.26. The largest absolute Gasteiger partial charge is 1.00 e. The number of primary amides is 1. The fourth-order valence-electron chi connectivity index (χ4n) is 1.82. The zero-order valence-corrected chi connectivity index (χ0v) is 25.3. The van der Waals surface area contributed by atoms with Gasteiger partial charge < -0.3 is 34.1 Å². The monoisotopic (exact) mass is 525 g/mol. The number of hydrogen-bond donors (Lipinski definition) is 1. The van der Waals surface area contributed by atoms with E-state index < -0.39 is 39.1 Å². The Hall–Kier alpha value is -0.800. The molecular formula is C21H38NNa2O9P. The first-order valence-electron chi connectivity index (χ1n) is 9.73. The third kappa shape index (κ3) is 35.8. The number of rotatable bonds is 12. The quantitative estimate of drug-likeness (QED) is 0.0658. The Morgan fingerprint density at radius 3 is 2.09 bits per heavy atom. The first-order chi connectivity index (χ1) is 15.0. The third-order valence-electron chi connectivity index (χ3n) is 3.08. The van der Waals surface area contributed by atoms with Crippen LogP contribution in [0.3, 0.4) is 0 Å². The molecule has 34 heavy (non-hydrogen) atoms. The van der Waals surface area contributed by atoms with E-state index in [-0.39, 0.29) is 78.6 Å². The van der Waals surface area contributed by atoms with E-state index in [1.165, 1.54) is 6.92 Å². The number of unbranched alkanes of at least 4 members (excludes halogenated alkanes) is 4. The summed E-state index contributed by atoms with van der Waals surface area (Å²) in [6.07, 6.45) is 3.47. The molecule has 0 saturated carbocycles. The van der Waals surface area contributed by atoms with Crippen molar-refractivity contribution in [1.29, 1.82) is 0 Å². The van der Waals surface area contributed by atoms with E-state index in [1.54, 1.807) is 6.92 Å². The fourth-order valence-corrected chi connectivity index (χ4v) is 2.17. The van der Waals surface area contributed by atoms with Crippen molar-refractivity contribution in [2.45, 2.75) is 65.4 Å². The van der Waals surface area contributed by atoms with Gasteiger partial charge >= 0.3 is 71.1 Å². The number of phosphoric acid groups is 1. The zero-order valence-electron chi connectivity index (χ0n) is 20.4. The second kappa shape index (κ2) is 26.8. The van der Waals surface area contributed by atoms with Crippen LogP contribution in [0.5, 0.6) is 0 Å². The first-order valence-corrected chi connectivity index (χ1v) is 11.2. The smallest absolute Gasteiger partial charge is 0.790 e. The topological polar surface area (TPSA) is 168 Å². The maximum absolute atomic E-state index is 11.8. The molecule has 13 heteroatoms. The number of esters is 2. The molecule has 0 aliphatic heterocycles. The van der Waals surface area contributed by atoms with Crippen LogP contribution in [0.2, 0.25) is 0 Å². The van der Waals surface area contributed by atoms with Crippen LogP contribution in [0.15, 0.2) is 0 Å². The van der Waals surface area contributed by atoms with Crippen LogP contribution in [0.4, 0.5) is 0 Å². The zero-order chi connectivity index (χ0) is 24.8. The van der Waals surface area contributed by atoms with Crippen LogP contribution in [0.1, 0.15) is 66.4 Å². The summed E-state index contributed by atoms with van der Waals surface area (Å²) in [7, 11) is -5.26. The molecule has 1 atom stereocenters. The first kappa shape index (κ1) is 40.4. The van der Waals surface area contributed by atoms with Crippen molar-refractivity contribution in [2.75, 3.05) is 13.2 Å². The summed E-state index contributed by atoms with van der Waals surface area (Å²) < 4.78 is 24.5. The van der Waals surface area contributed by atoms with Crippen molar-refractivity contribution >= 4 is 25.7 Å². The number of carbonyl (C=O) groups is 3. The number of phosphoric ester groups is 1. The van der Waals surface area contributed by atoms with Gasteiger partial charge in [0, 0.05) is 26.4 Å². The van der Waals surface area contributed by atoms with Crippen molar-refractivity contribution < 1.29 is 109 Å². The van der Waals surface area contributed by atoms with E-state index in [0.29, 0.717) is 6.42 Å². The fraction of sp³-hybridized carbons (Fsp3) is 0.571. The van der Waals surface area contributed by atoms with Gasteiger partial charge in [0.15, 0.2) is 6.10 Å². The third-order valence-corrected chi connectivity index (χ3v) is 3.54. The predicted molar refractivity (Wildman–Crippen MR) is 122 cm³/mol. The molecule has 0 aliphatic carbocycles. The van der Waals surface area contributed by atoms with Gasteiger partial charge in [-0.3, -0.25) is 9.59 Å². The van der Waals surface area contributed by atoms with Gasteiger partial charge in [0.2, 0.25) is 5.91 Å². The Morgan fingerprint density at radius 1 is 1.00 bits per heavy atom. The molecule has 0 heterocycles. The SMILES string of the molecule is CC#CC#CC#CC(=O)OC[C@H](COP(=O)([O-])[O-])OC(=O)CCCCCCC.CC(N)=O.[HH].[HH].[HH].[HH].[HH].[Na+].[Na+]. The van der Waals surface area contributed by atoms with E-state index in [0.717, 1.165) is 25.7 Å². The second-order valence-corrected chi connectivity index (χ2v) is 7.26. The Morgan fingerprint density at radius 2 is 1.56 bits per heavy atom. The minimum Gasteiger partial charge on any atom is -0.790 e. The van der Waals surface area contributed by atoms with Crippen molar-refractivity contribution in [3.8, 4) is 35.5 Å². The average Bonchev–Trinajstić information content (AvgIpc) is 2.68. The summed E-state index contributed by atoms with van der Waals surface area (Å²) in [6, 6.07) is 0. The molecule has 0 fully saturated rings. The van der Waals surface area contributed by atoms with Crippen LogP contribution in [-0.4, -0.2) is 37.2 Å². The van der Waals surface area contributed by atoms with E-state index >= 15 is 0 Å². The van der Waals surface area contributed by atoms with E-state index in [1.807, 2.05) is 0 Å². The Labute approximate surface area is 253 Å². The average molecular weight is 525 g/mol. The summed E-state index contributed by atoms with van der Waals surface area (Å²) >= 11 is 0. The molecule has 10 nitrogen and oxygen atoms in total. The molecule has 0 aromatic rings. The summed E-state index contributed by atoms with van der Waals surface area (Å²) in [6.45, 7) is 3.70. The van der Waals surface area contributed by atoms with Gasteiger partial charge in [0.1, 0.15) is 6.61 Å². The van der Waals surface area contributed by atoms with Crippen molar-refractivity contribution in [3.05, 3.63) is 0 Å². The molecule has 0 rings (SSSR count). The standard InChI is InChI=1S/C19H25O8P.C2H5NO.2Na.5H2/c1-3-5-7-9-11-13-18(20)25-15-17(16-26-28(22,23)24)27-19(21)14-12-10-8-6-4-2;1-2(3)4;;;;;;;/h17H,4,6,8,10,12,14-16H2,1-2H3,(H2,22,23,24);1H3,(H2,3,4);;;5*1H/q;;2*+1;;;;;/p-2/t17-;;;;;;;;/m1......../s1. The Balaban J connectivity index is -0.000000109. The van der Waals surface area contributed by atoms with Gasteiger partial charge in [-0.15, -0.1) is 0 Å². The molecule has 0 bridgehead atoms. The van der Waals surface area contributed by atoms with Gasteiger partial charge in [-0.25, -0.2) is 4.79 Å². The van der Waals surface area contributed by atoms with Gasteiger partial charge in [0.25, 0.3) is 0 Å². The van der Waals surface area contributed by atoms with E-state index in [9.17, 15) is 28.7 Å². The maximum atomic E-state index is 11.8. The van der Waals surface area contributed by atoms with Gasteiger partial charge in [0.05, 0.1) is 14.4 Å². The van der Waals surface area contributed by atoms with E-state index in [4.69, 9.17) is 9.47 Å². The number of hydrogen-bond acceptors (Lipinski definition) is 9. The predicted octanol–water partition coefficient (Wildman–Crippen LogP) is -4.59. The molecule has 0 aromatic heterocycles. The summed E-state index contributed by atoms with van der Waals surface area (Å²) in [5.41, 5.74) is 4.47. The van der Waals surface area contributed by atoms with Crippen LogP contribution >= 0.6 is 7.82 Å². The van der Waals surface area contributed by atoms with Gasteiger partial charge in [-0.05, 0) is 37.0 Å². The Kier molecular flexibility index (Phi) is 31.8. The maximum Gasteiger partial charge on any atom is 1.00 e. The number of carbonyl (C=O) groups excluding carboxylic acids is 3. The minimum absolute atomic E-state index is 0. The van der Waals surface area contributed by atoms with Gasteiger partial charge in [-0.2, -0.15) is 0 Å². The summed E-state index contributed by atoms with van der Waals surface area (Å²) in [5, 5.41) is 0. The second-order valence-electron chi connectivity index (χ2n) is 6.10. The Bertz CT molecular complexity index is 844. The van der Waals surface area contributed by atoms with Crippen LogP contribution < -0.4 is 74.6 Å². The van der Waals surface area contributed by atoms with Crippen molar-refractivity contribution in [3.63, 3.8) is 0 Å². The molecule has 0 radical (unpaired) electrons. The van der Waals surface area contributed by atoms with Crippen LogP contribution in [0, 0.1) is 35.5 Å². The molecule has 2 N–H and O–H groups in total. The van der Waals surface area contributed by atoms with Gasteiger partial charge in [-0.1, -0.05) is 38.5 Å². The van der Waals surface area contributed by atoms with Crippen molar-refractivity contribution in [2.24, 2.45) is 5.73 Å². The molecule has 1 amide bonds. The summed E-state index contributed by atoms with van der Waals surface area (Å²) in [4.78, 5) is 53.8. The van der Waals surface area contributed by atoms with Crippen molar-refractivity contribution in [1.82, 2.24) is 0 Å². The number of amides is 1. The van der Waals surface area contributed by atoms with Crippen LogP contribution in [-0.2, 0) is 32.9 Å². The molecule has 0 aromatic carbocycles. The molecule has 0 aliphatic rings. The molecule has 0 unspecified atom stereocenters. The molecular weight excluding hydrogens is 487 g/mol. The number of nitrogens with two attached hydrogens (primary N) is 1. The van der Waals surface area contributed by atoms with Crippen LogP contribution in [0.25, 0.3) is 0 Å². The molecule has 188 valence electrons. The summed E-state index contributed by atoms with van der Waals surface area (Å²) in [5.74, 6) is 12.0. The van der Waals surface area contributed by atoms with E-state index in [2.05, 4.69) is 52.7 Å². The molecule has 0 spiro atoms. The molecule has 0 saturated heterocycles. The normalized spacial score (nSPS) is 9.68.